The molecule has 3 aromatic rings. The minimum absolute atomic E-state index is 0.101. The van der Waals surface area contributed by atoms with Crippen LogP contribution in [0.25, 0.3) is 16.7 Å². The molecule has 0 N–H and O–H groups in total. The molecule has 1 aliphatic heterocycles. The molecule has 2 aromatic heterocycles. The van der Waals surface area contributed by atoms with Gasteiger partial charge in [0.25, 0.3) is 5.56 Å². The van der Waals surface area contributed by atoms with Crippen LogP contribution in [0, 0.1) is 0 Å². The van der Waals surface area contributed by atoms with Crippen molar-refractivity contribution in [2.75, 3.05) is 32.4 Å². The Balaban J connectivity index is 1.70. The van der Waals surface area contributed by atoms with Gasteiger partial charge in [-0.25, -0.2) is 12.7 Å². The van der Waals surface area contributed by atoms with Crippen LogP contribution in [0.15, 0.2) is 29.1 Å². The first-order valence-electron chi connectivity index (χ1n) is 8.85. The van der Waals surface area contributed by atoms with Gasteiger partial charge >= 0.3 is 0 Å². The zero-order valence-electron chi connectivity index (χ0n) is 15.4. The molecule has 0 spiro atoms. The molecule has 10 heteroatoms. The Morgan fingerprint density at radius 2 is 1.85 bits per heavy atom. The van der Waals surface area contributed by atoms with Gasteiger partial charge in [0, 0.05) is 26.7 Å². The van der Waals surface area contributed by atoms with E-state index in [4.69, 9.17) is 0 Å². The first-order chi connectivity index (χ1) is 12.9. The standard InChI is InChI=1S/C17H22N6O3S/c1-20-16(24)13-6-3-4-7-14(13)23-15(18-19-17(20)23)12-21-8-5-9-22(11-10-21)27(2,25)26/h3-4,6-7H,5,8-12H2,1-2H3. The Morgan fingerprint density at radius 3 is 2.63 bits per heavy atom. The van der Waals surface area contributed by atoms with Crippen LogP contribution in [-0.4, -0.2) is 69.2 Å². The summed E-state index contributed by atoms with van der Waals surface area (Å²) >= 11 is 0. The minimum atomic E-state index is -3.17. The summed E-state index contributed by atoms with van der Waals surface area (Å²) in [5.74, 6) is 1.24. The summed E-state index contributed by atoms with van der Waals surface area (Å²) in [6.07, 6.45) is 2.02. The molecule has 1 fully saturated rings. The lowest BCUT2D eigenvalue weighted by atomic mass is 10.2. The van der Waals surface area contributed by atoms with Crippen molar-refractivity contribution in [1.29, 1.82) is 0 Å². The topological polar surface area (TPSA) is 92.8 Å². The second kappa shape index (κ2) is 6.70. The number of fused-ring (bicyclic) bond motifs is 3. The van der Waals surface area contributed by atoms with Gasteiger partial charge in [-0.15, -0.1) is 10.2 Å². The van der Waals surface area contributed by atoms with E-state index in [-0.39, 0.29) is 5.56 Å². The van der Waals surface area contributed by atoms with E-state index in [1.807, 2.05) is 22.6 Å². The maximum absolute atomic E-state index is 12.5. The van der Waals surface area contributed by atoms with Crippen LogP contribution in [0.3, 0.4) is 0 Å². The number of rotatable bonds is 3. The normalized spacial score (nSPS) is 17.6. The van der Waals surface area contributed by atoms with Crippen LogP contribution in [0.1, 0.15) is 12.2 Å². The molecule has 4 rings (SSSR count). The maximum Gasteiger partial charge on any atom is 0.262 e. The Hall–Kier alpha value is -2.30. The van der Waals surface area contributed by atoms with Crippen molar-refractivity contribution >= 4 is 26.7 Å². The molecule has 9 nitrogen and oxygen atoms in total. The van der Waals surface area contributed by atoms with E-state index in [0.717, 1.165) is 24.3 Å². The van der Waals surface area contributed by atoms with E-state index in [0.29, 0.717) is 37.3 Å². The molecule has 144 valence electrons. The van der Waals surface area contributed by atoms with Crippen LogP contribution in [-0.2, 0) is 23.6 Å². The van der Waals surface area contributed by atoms with Gasteiger partial charge in [-0.2, -0.15) is 0 Å². The van der Waals surface area contributed by atoms with Crippen molar-refractivity contribution < 1.29 is 8.42 Å². The van der Waals surface area contributed by atoms with Crippen LogP contribution in [0.4, 0.5) is 0 Å². The minimum Gasteiger partial charge on any atom is -0.295 e. The Labute approximate surface area is 156 Å². The number of benzene rings is 1. The van der Waals surface area contributed by atoms with Crippen LogP contribution >= 0.6 is 0 Å². The third kappa shape index (κ3) is 3.24. The highest BCUT2D eigenvalue weighted by Gasteiger charge is 2.23. The highest BCUT2D eigenvalue weighted by atomic mass is 32.2. The zero-order valence-corrected chi connectivity index (χ0v) is 16.2. The summed E-state index contributed by atoms with van der Waals surface area (Å²) in [5.41, 5.74) is 0.679. The molecular weight excluding hydrogens is 368 g/mol. The zero-order chi connectivity index (χ0) is 19.2. The summed E-state index contributed by atoms with van der Waals surface area (Å²) < 4.78 is 28.5. The monoisotopic (exact) mass is 390 g/mol. The van der Waals surface area contributed by atoms with Gasteiger partial charge in [0.15, 0.2) is 5.82 Å². The summed E-state index contributed by atoms with van der Waals surface area (Å²) in [6.45, 7) is 2.96. The third-order valence-electron chi connectivity index (χ3n) is 5.07. The van der Waals surface area contributed by atoms with Crippen LogP contribution in [0.5, 0.6) is 0 Å². The molecule has 0 aliphatic carbocycles. The SMILES string of the molecule is Cn1c(=O)c2ccccc2n2c(CN3CCCN(S(C)(=O)=O)CC3)nnc12. The number of hydrogen-bond acceptors (Lipinski definition) is 6. The lowest BCUT2D eigenvalue weighted by molar-refractivity contribution is 0.271. The molecule has 0 saturated carbocycles. The fourth-order valence-electron chi connectivity index (χ4n) is 3.63. The van der Waals surface area contributed by atoms with E-state index < -0.39 is 10.0 Å². The fourth-order valence-corrected chi connectivity index (χ4v) is 4.51. The van der Waals surface area contributed by atoms with Crippen molar-refractivity contribution in [3.8, 4) is 0 Å². The molecule has 0 bridgehead atoms. The summed E-state index contributed by atoms with van der Waals surface area (Å²) in [5, 5.41) is 9.15. The molecule has 0 amide bonds. The van der Waals surface area contributed by atoms with Crippen molar-refractivity contribution in [3.05, 3.63) is 40.4 Å². The van der Waals surface area contributed by atoms with Gasteiger partial charge in [-0.3, -0.25) is 18.7 Å². The number of hydrogen-bond donors (Lipinski definition) is 0. The highest BCUT2D eigenvalue weighted by molar-refractivity contribution is 7.88. The fraction of sp³-hybridized carbons (Fsp3) is 0.471. The van der Waals surface area contributed by atoms with E-state index >= 15 is 0 Å². The lowest BCUT2D eigenvalue weighted by Gasteiger charge is -2.20. The van der Waals surface area contributed by atoms with Gasteiger partial charge in [-0.1, -0.05) is 12.1 Å². The molecule has 0 atom stereocenters. The average Bonchev–Trinajstić information content (AvgIpc) is 2.89. The number of nitrogens with zero attached hydrogens (tertiary/aromatic N) is 6. The predicted molar refractivity (Wildman–Crippen MR) is 102 cm³/mol. The Bertz CT molecular complexity index is 1170. The Morgan fingerprint density at radius 1 is 1.07 bits per heavy atom. The van der Waals surface area contributed by atoms with Gasteiger partial charge < -0.3 is 0 Å². The van der Waals surface area contributed by atoms with E-state index in [1.54, 1.807) is 13.1 Å². The first-order valence-corrected chi connectivity index (χ1v) is 10.7. The number of aromatic nitrogens is 4. The average molecular weight is 390 g/mol. The predicted octanol–water partition coefficient (Wildman–Crippen LogP) is 0.0485. The molecule has 1 aromatic carbocycles. The molecule has 0 unspecified atom stereocenters. The van der Waals surface area contributed by atoms with Crippen molar-refractivity contribution in [1.82, 2.24) is 28.4 Å². The molecule has 3 heterocycles. The summed E-state index contributed by atoms with van der Waals surface area (Å²) in [7, 11) is -1.48. The van der Waals surface area contributed by atoms with E-state index in [9.17, 15) is 13.2 Å². The van der Waals surface area contributed by atoms with Crippen molar-refractivity contribution in [3.63, 3.8) is 0 Å². The number of aryl methyl sites for hydroxylation is 1. The number of para-hydroxylation sites is 1. The first kappa shape index (κ1) is 18.1. The molecular formula is C17H22N6O3S. The van der Waals surface area contributed by atoms with Gasteiger partial charge in [-0.05, 0) is 25.1 Å². The van der Waals surface area contributed by atoms with E-state index in [1.165, 1.54) is 15.1 Å². The molecule has 0 radical (unpaired) electrons. The van der Waals surface area contributed by atoms with Crippen LogP contribution < -0.4 is 5.56 Å². The van der Waals surface area contributed by atoms with Crippen molar-refractivity contribution in [2.45, 2.75) is 13.0 Å². The van der Waals surface area contributed by atoms with Gasteiger partial charge in [0.1, 0.15) is 0 Å². The second-order valence-electron chi connectivity index (χ2n) is 6.92. The number of sulfonamides is 1. The second-order valence-corrected chi connectivity index (χ2v) is 8.91. The summed E-state index contributed by atoms with van der Waals surface area (Å²) in [6, 6.07) is 7.43. The molecule has 27 heavy (non-hydrogen) atoms. The van der Waals surface area contributed by atoms with Gasteiger partial charge in [0.05, 0.1) is 23.7 Å². The Kier molecular flexibility index (Phi) is 4.49. The maximum atomic E-state index is 12.5. The smallest absolute Gasteiger partial charge is 0.262 e. The quantitative estimate of drug-likeness (QED) is 0.627. The van der Waals surface area contributed by atoms with Crippen molar-refractivity contribution in [2.24, 2.45) is 7.05 Å². The lowest BCUT2D eigenvalue weighted by Crippen LogP contribution is -2.34. The summed E-state index contributed by atoms with van der Waals surface area (Å²) in [4.78, 5) is 14.7. The van der Waals surface area contributed by atoms with E-state index in [2.05, 4.69) is 15.1 Å². The molecule has 1 saturated heterocycles. The highest BCUT2D eigenvalue weighted by Crippen LogP contribution is 2.16. The molecule has 1 aliphatic rings. The van der Waals surface area contributed by atoms with Crippen LogP contribution in [0.2, 0.25) is 0 Å². The largest absolute Gasteiger partial charge is 0.295 e. The van der Waals surface area contributed by atoms with Gasteiger partial charge in [0.2, 0.25) is 15.8 Å². The third-order valence-corrected chi connectivity index (χ3v) is 6.38.